The third-order valence-corrected chi connectivity index (χ3v) is 4.56. The Kier molecular flexibility index (Phi) is 6.91. The van der Waals surface area contributed by atoms with Gasteiger partial charge in [0.25, 0.3) is 0 Å². The first-order chi connectivity index (χ1) is 12.3. The molecule has 0 unspecified atom stereocenters. The number of hydrogen-bond acceptors (Lipinski definition) is 6. The SMILES string of the molecule is COC(=O)Cc1cc(SC(C)(C)C)c(OCc2ccc(OC)cc2)cn1. The van der Waals surface area contributed by atoms with Gasteiger partial charge in [-0.2, -0.15) is 0 Å². The van der Waals surface area contributed by atoms with E-state index in [1.165, 1.54) is 7.11 Å². The fourth-order valence-corrected chi connectivity index (χ4v) is 3.25. The first-order valence-corrected chi connectivity index (χ1v) is 9.13. The Morgan fingerprint density at radius 1 is 1.15 bits per heavy atom. The van der Waals surface area contributed by atoms with Crippen LogP contribution in [0.4, 0.5) is 0 Å². The second kappa shape index (κ2) is 8.94. The standard InChI is InChI=1S/C20H25NO4S/c1-20(2,3)26-18-10-15(11-19(22)24-5)21-12-17(18)25-13-14-6-8-16(23-4)9-7-14/h6-10,12H,11,13H2,1-5H3. The van der Waals surface area contributed by atoms with Crippen molar-refractivity contribution in [2.24, 2.45) is 0 Å². The van der Waals surface area contributed by atoms with Crippen molar-refractivity contribution >= 4 is 17.7 Å². The molecule has 0 bridgehead atoms. The number of ether oxygens (including phenoxy) is 3. The van der Waals surface area contributed by atoms with E-state index >= 15 is 0 Å². The smallest absolute Gasteiger partial charge is 0.311 e. The Labute approximate surface area is 159 Å². The fraction of sp³-hybridized carbons (Fsp3) is 0.400. The number of pyridine rings is 1. The van der Waals surface area contributed by atoms with Crippen molar-refractivity contribution in [1.29, 1.82) is 0 Å². The molecule has 0 saturated carbocycles. The molecule has 1 aromatic heterocycles. The summed E-state index contributed by atoms with van der Waals surface area (Å²) in [5.41, 5.74) is 1.71. The van der Waals surface area contributed by atoms with Crippen molar-refractivity contribution < 1.29 is 19.0 Å². The number of benzene rings is 1. The predicted molar refractivity (Wildman–Crippen MR) is 103 cm³/mol. The van der Waals surface area contributed by atoms with E-state index in [2.05, 4.69) is 25.8 Å². The molecule has 0 N–H and O–H groups in total. The van der Waals surface area contributed by atoms with Crippen molar-refractivity contribution in [2.45, 2.75) is 43.4 Å². The normalized spacial score (nSPS) is 11.1. The summed E-state index contributed by atoms with van der Waals surface area (Å²) in [6.45, 7) is 6.82. The molecule has 0 aliphatic heterocycles. The molecule has 140 valence electrons. The molecule has 1 aromatic carbocycles. The highest BCUT2D eigenvalue weighted by Gasteiger charge is 2.18. The van der Waals surface area contributed by atoms with Crippen molar-refractivity contribution in [3.05, 3.63) is 47.8 Å². The third-order valence-electron chi connectivity index (χ3n) is 3.41. The Bertz CT molecular complexity index is 738. The van der Waals surface area contributed by atoms with Gasteiger partial charge in [0.05, 0.1) is 37.4 Å². The molecule has 0 fully saturated rings. The molecule has 0 saturated heterocycles. The van der Waals surface area contributed by atoms with Crippen LogP contribution in [-0.4, -0.2) is 29.9 Å². The molecule has 6 heteroatoms. The van der Waals surface area contributed by atoms with Gasteiger partial charge in [0.15, 0.2) is 5.75 Å². The second-order valence-electron chi connectivity index (χ2n) is 6.73. The zero-order chi connectivity index (χ0) is 19.2. The zero-order valence-corrected chi connectivity index (χ0v) is 16.7. The maximum absolute atomic E-state index is 11.5. The Morgan fingerprint density at radius 2 is 1.85 bits per heavy atom. The lowest BCUT2D eigenvalue weighted by atomic mass is 10.2. The number of nitrogens with zero attached hydrogens (tertiary/aromatic N) is 1. The Hall–Kier alpha value is -2.21. The Balaban J connectivity index is 2.17. The van der Waals surface area contributed by atoms with Crippen LogP contribution in [0.2, 0.25) is 0 Å². The highest BCUT2D eigenvalue weighted by atomic mass is 32.2. The lowest BCUT2D eigenvalue weighted by molar-refractivity contribution is -0.139. The van der Waals surface area contributed by atoms with Crippen LogP contribution in [0, 0.1) is 0 Å². The molecule has 0 aliphatic rings. The maximum Gasteiger partial charge on any atom is 0.311 e. The molecule has 26 heavy (non-hydrogen) atoms. The Morgan fingerprint density at radius 3 is 2.42 bits per heavy atom. The van der Waals surface area contributed by atoms with E-state index in [1.54, 1.807) is 25.1 Å². The summed E-state index contributed by atoms with van der Waals surface area (Å²) in [5.74, 6) is 1.21. The van der Waals surface area contributed by atoms with E-state index in [0.717, 1.165) is 16.2 Å². The summed E-state index contributed by atoms with van der Waals surface area (Å²) in [4.78, 5) is 16.8. The molecule has 0 radical (unpaired) electrons. The molecule has 0 aliphatic carbocycles. The first-order valence-electron chi connectivity index (χ1n) is 8.31. The van der Waals surface area contributed by atoms with Crippen molar-refractivity contribution in [3.8, 4) is 11.5 Å². The number of carbonyl (C=O) groups excluding carboxylic acids is 1. The minimum Gasteiger partial charge on any atom is -0.497 e. The van der Waals surface area contributed by atoms with Gasteiger partial charge in [0.1, 0.15) is 12.4 Å². The van der Waals surface area contributed by atoms with E-state index in [-0.39, 0.29) is 17.1 Å². The third kappa shape index (κ3) is 6.26. The van der Waals surface area contributed by atoms with E-state index in [1.807, 2.05) is 30.3 Å². The molecule has 0 spiro atoms. The average molecular weight is 375 g/mol. The minimum atomic E-state index is -0.309. The van der Waals surface area contributed by atoms with Gasteiger partial charge in [0, 0.05) is 4.75 Å². The van der Waals surface area contributed by atoms with Crippen LogP contribution in [0.1, 0.15) is 32.0 Å². The summed E-state index contributed by atoms with van der Waals surface area (Å²) in [6.07, 6.45) is 1.82. The summed E-state index contributed by atoms with van der Waals surface area (Å²) < 4.78 is 15.9. The van der Waals surface area contributed by atoms with Crippen LogP contribution < -0.4 is 9.47 Å². The van der Waals surface area contributed by atoms with Crippen LogP contribution in [0.3, 0.4) is 0 Å². The van der Waals surface area contributed by atoms with Gasteiger partial charge in [0.2, 0.25) is 0 Å². The van der Waals surface area contributed by atoms with E-state index < -0.39 is 0 Å². The van der Waals surface area contributed by atoms with Gasteiger partial charge in [-0.3, -0.25) is 9.78 Å². The predicted octanol–water partition coefficient (Wildman–Crippen LogP) is 4.28. The van der Waals surface area contributed by atoms with Gasteiger partial charge in [-0.15, -0.1) is 11.8 Å². The largest absolute Gasteiger partial charge is 0.497 e. The number of esters is 1. The van der Waals surface area contributed by atoms with Crippen LogP contribution in [0.5, 0.6) is 11.5 Å². The van der Waals surface area contributed by atoms with E-state index in [4.69, 9.17) is 14.2 Å². The molecule has 0 atom stereocenters. The van der Waals surface area contributed by atoms with Crippen LogP contribution in [0.15, 0.2) is 41.4 Å². The van der Waals surface area contributed by atoms with Gasteiger partial charge in [-0.05, 0) is 23.8 Å². The van der Waals surface area contributed by atoms with Gasteiger partial charge in [-0.1, -0.05) is 32.9 Å². The summed E-state index contributed by atoms with van der Waals surface area (Å²) >= 11 is 1.68. The summed E-state index contributed by atoms with van der Waals surface area (Å²) in [5, 5.41) is 0. The fourth-order valence-electron chi connectivity index (χ4n) is 2.18. The molecule has 1 heterocycles. The minimum absolute atomic E-state index is 0.00209. The number of methoxy groups -OCH3 is 2. The van der Waals surface area contributed by atoms with Gasteiger partial charge >= 0.3 is 5.97 Å². The molecule has 0 amide bonds. The first kappa shape index (κ1) is 20.1. The quantitative estimate of drug-likeness (QED) is 0.532. The number of rotatable bonds is 7. The average Bonchev–Trinajstić information content (AvgIpc) is 2.60. The molecule has 2 aromatic rings. The highest BCUT2D eigenvalue weighted by molar-refractivity contribution is 8.00. The summed E-state index contributed by atoms with van der Waals surface area (Å²) in [6, 6.07) is 9.64. The monoisotopic (exact) mass is 375 g/mol. The maximum atomic E-state index is 11.5. The lowest BCUT2D eigenvalue weighted by Crippen LogP contribution is -2.10. The molecular formula is C20H25NO4S. The van der Waals surface area contributed by atoms with Crippen LogP contribution in [-0.2, 0) is 22.6 Å². The molecular weight excluding hydrogens is 350 g/mol. The van der Waals surface area contributed by atoms with Crippen molar-refractivity contribution in [1.82, 2.24) is 4.98 Å². The summed E-state index contributed by atoms with van der Waals surface area (Å²) in [7, 11) is 3.02. The number of carbonyl (C=O) groups is 1. The number of hydrogen-bond donors (Lipinski definition) is 0. The van der Waals surface area contributed by atoms with Crippen molar-refractivity contribution in [2.75, 3.05) is 14.2 Å². The topological polar surface area (TPSA) is 57.7 Å². The number of thioether (sulfide) groups is 1. The van der Waals surface area contributed by atoms with E-state index in [0.29, 0.717) is 18.1 Å². The van der Waals surface area contributed by atoms with Crippen LogP contribution in [0.25, 0.3) is 0 Å². The highest BCUT2D eigenvalue weighted by Crippen LogP contribution is 2.38. The van der Waals surface area contributed by atoms with Gasteiger partial charge in [-0.25, -0.2) is 0 Å². The van der Waals surface area contributed by atoms with E-state index in [9.17, 15) is 4.79 Å². The number of aromatic nitrogens is 1. The molecule has 2 rings (SSSR count). The van der Waals surface area contributed by atoms with Crippen LogP contribution >= 0.6 is 11.8 Å². The molecule has 5 nitrogen and oxygen atoms in total. The second-order valence-corrected chi connectivity index (χ2v) is 8.60. The van der Waals surface area contributed by atoms with Crippen molar-refractivity contribution in [3.63, 3.8) is 0 Å². The zero-order valence-electron chi connectivity index (χ0n) is 15.9. The lowest BCUT2D eigenvalue weighted by Gasteiger charge is -2.20. The van der Waals surface area contributed by atoms with Gasteiger partial charge < -0.3 is 14.2 Å².